The van der Waals surface area contributed by atoms with Crippen molar-refractivity contribution >= 4 is 62.6 Å². The zero-order valence-electron chi connectivity index (χ0n) is 17.1. The second-order valence-electron chi connectivity index (χ2n) is 7.45. The second kappa shape index (κ2) is 9.02. The SMILES string of the molecule is O=C(OCc1cc2c3ccccc3n(Cc3cc(Cl)ccc3Cl)c2cn1)c1cccnc1Cl. The van der Waals surface area contributed by atoms with Gasteiger partial charge < -0.3 is 9.30 Å². The number of fused-ring (bicyclic) bond motifs is 3. The van der Waals surface area contributed by atoms with Crippen LogP contribution in [0.4, 0.5) is 0 Å². The summed E-state index contributed by atoms with van der Waals surface area (Å²) < 4.78 is 7.58. The van der Waals surface area contributed by atoms with Crippen LogP contribution in [0.5, 0.6) is 0 Å². The fraction of sp³-hybridized carbons (Fsp3) is 0.0800. The molecule has 3 heterocycles. The van der Waals surface area contributed by atoms with Crippen molar-refractivity contribution in [2.75, 3.05) is 0 Å². The van der Waals surface area contributed by atoms with Crippen LogP contribution < -0.4 is 0 Å². The van der Waals surface area contributed by atoms with Crippen molar-refractivity contribution in [1.29, 1.82) is 0 Å². The van der Waals surface area contributed by atoms with Crippen LogP contribution in [0.3, 0.4) is 0 Å². The predicted molar refractivity (Wildman–Crippen MR) is 131 cm³/mol. The van der Waals surface area contributed by atoms with Crippen molar-refractivity contribution in [2.24, 2.45) is 0 Å². The molecule has 0 aliphatic heterocycles. The van der Waals surface area contributed by atoms with Gasteiger partial charge in [-0.15, -0.1) is 0 Å². The Balaban J connectivity index is 1.50. The third-order valence-corrected chi connectivity index (χ3v) is 6.29. The third-order valence-electron chi connectivity index (χ3n) is 5.38. The van der Waals surface area contributed by atoms with Gasteiger partial charge in [-0.05, 0) is 48.0 Å². The summed E-state index contributed by atoms with van der Waals surface area (Å²) in [6, 6.07) is 18.7. The fourth-order valence-electron chi connectivity index (χ4n) is 3.83. The minimum atomic E-state index is -0.548. The van der Waals surface area contributed by atoms with Crippen LogP contribution >= 0.6 is 34.8 Å². The fourth-order valence-corrected chi connectivity index (χ4v) is 4.40. The zero-order chi connectivity index (χ0) is 22.9. The normalized spacial score (nSPS) is 11.2. The molecule has 0 fully saturated rings. The van der Waals surface area contributed by atoms with E-state index in [1.54, 1.807) is 30.5 Å². The Labute approximate surface area is 204 Å². The van der Waals surface area contributed by atoms with Crippen LogP contribution in [0.25, 0.3) is 21.8 Å². The second-order valence-corrected chi connectivity index (χ2v) is 8.65. The van der Waals surface area contributed by atoms with Gasteiger partial charge in [-0.2, -0.15) is 0 Å². The summed E-state index contributed by atoms with van der Waals surface area (Å²) in [4.78, 5) is 20.8. The summed E-state index contributed by atoms with van der Waals surface area (Å²) in [6.07, 6.45) is 3.30. The number of benzene rings is 2. The van der Waals surface area contributed by atoms with Crippen LogP contribution in [-0.2, 0) is 17.9 Å². The van der Waals surface area contributed by atoms with Gasteiger partial charge >= 0.3 is 5.97 Å². The maximum absolute atomic E-state index is 12.4. The number of carbonyl (C=O) groups is 1. The molecule has 3 aromatic heterocycles. The molecule has 5 aromatic rings. The lowest BCUT2D eigenvalue weighted by Gasteiger charge is -2.10. The van der Waals surface area contributed by atoms with E-state index in [4.69, 9.17) is 39.5 Å². The van der Waals surface area contributed by atoms with E-state index in [-0.39, 0.29) is 17.3 Å². The largest absolute Gasteiger partial charge is 0.456 e. The number of ether oxygens (including phenoxy) is 1. The van der Waals surface area contributed by atoms with Crippen LogP contribution in [0.15, 0.2) is 73.1 Å². The molecule has 0 radical (unpaired) electrons. The number of hydrogen-bond acceptors (Lipinski definition) is 4. The van der Waals surface area contributed by atoms with Crippen molar-refractivity contribution in [3.05, 3.63) is 105 Å². The highest BCUT2D eigenvalue weighted by atomic mass is 35.5. The quantitative estimate of drug-likeness (QED) is 0.195. The van der Waals surface area contributed by atoms with Crippen LogP contribution in [0.2, 0.25) is 15.2 Å². The van der Waals surface area contributed by atoms with E-state index in [1.807, 2.05) is 24.3 Å². The first kappa shape index (κ1) is 21.7. The van der Waals surface area contributed by atoms with Crippen molar-refractivity contribution in [1.82, 2.24) is 14.5 Å². The molecule has 0 unspecified atom stereocenters. The number of pyridine rings is 2. The molecule has 164 valence electrons. The summed E-state index contributed by atoms with van der Waals surface area (Å²) in [5, 5.41) is 3.45. The average molecular weight is 497 g/mol. The number of para-hydroxylation sites is 1. The van der Waals surface area contributed by atoms with Crippen LogP contribution in [0.1, 0.15) is 21.6 Å². The Hall–Kier alpha value is -3.12. The summed E-state index contributed by atoms with van der Waals surface area (Å²) in [6.45, 7) is 0.554. The van der Waals surface area contributed by atoms with E-state index in [9.17, 15) is 4.79 Å². The number of halogens is 3. The first-order chi connectivity index (χ1) is 16.0. The highest BCUT2D eigenvalue weighted by Crippen LogP contribution is 2.31. The Bertz CT molecular complexity index is 1510. The van der Waals surface area contributed by atoms with Gasteiger partial charge in [0.15, 0.2) is 0 Å². The van der Waals surface area contributed by atoms with Gasteiger partial charge in [0.2, 0.25) is 0 Å². The molecule has 0 spiro atoms. The van der Waals surface area contributed by atoms with Crippen molar-refractivity contribution < 1.29 is 9.53 Å². The molecule has 5 nitrogen and oxygen atoms in total. The predicted octanol–water partition coefficient (Wildman–Crippen LogP) is 6.95. The number of rotatable bonds is 5. The molecular weight excluding hydrogens is 481 g/mol. The van der Waals surface area contributed by atoms with E-state index in [0.717, 1.165) is 27.4 Å². The monoisotopic (exact) mass is 495 g/mol. The molecule has 0 saturated heterocycles. The van der Waals surface area contributed by atoms with Crippen molar-refractivity contribution in [2.45, 2.75) is 13.2 Å². The van der Waals surface area contributed by atoms with E-state index in [1.165, 1.54) is 6.20 Å². The van der Waals surface area contributed by atoms with Gasteiger partial charge in [-0.1, -0.05) is 53.0 Å². The number of nitrogens with zero attached hydrogens (tertiary/aromatic N) is 3. The van der Waals surface area contributed by atoms with Crippen molar-refractivity contribution in [3.8, 4) is 0 Å². The first-order valence-electron chi connectivity index (χ1n) is 10.1. The number of aromatic nitrogens is 3. The van der Waals surface area contributed by atoms with Crippen molar-refractivity contribution in [3.63, 3.8) is 0 Å². The van der Waals surface area contributed by atoms with Gasteiger partial charge in [0, 0.05) is 39.1 Å². The molecular formula is C25H16Cl3N3O2. The standard InChI is InChI=1S/C25H16Cl3N3O2/c26-16-7-8-21(27)15(10-16)13-31-22-6-2-1-4-18(22)20-11-17(30-12-23(20)31)14-33-25(32)19-5-3-9-29-24(19)28/h1-12H,13-14H2. The highest BCUT2D eigenvalue weighted by molar-refractivity contribution is 6.33. The van der Waals surface area contributed by atoms with Crippen LogP contribution in [-0.4, -0.2) is 20.5 Å². The van der Waals surface area contributed by atoms with E-state index >= 15 is 0 Å². The maximum atomic E-state index is 12.4. The smallest absolute Gasteiger partial charge is 0.341 e. The molecule has 0 aliphatic rings. The maximum Gasteiger partial charge on any atom is 0.341 e. The molecule has 0 amide bonds. The molecule has 0 atom stereocenters. The zero-order valence-corrected chi connectivity index (χ0v) is 19.4. The topological polar surface area (TPSA) is 57.0 Å². The summed E-state index contributed by atoms with van der Waals surface area (Å²) in [7, 11) is 0. The summed E-state index contributed by atoms with van der Waals surface area (Å²) in [5.41, 5.74) is 3.74. The highest BCUT2D eigenvalue weighted by Gasteiger charge is 2.16. The molecule has 8 heteroatoms. The Kier molecular flexibility index (Phi) is 5.94. The Morgan fingerprint density at radius 2 is 1.76 bits per heavy atom. The van der Waals surface area contributed by atoms with E-state index < -0.39 is 5.97 Å². The molecule has 33 heavy (non-hydrogen) atoms. The van der Waals surface area contributed by atoms with Gasteiger partial charge in [0.25, 0.3) is 0 Å². The van der Waals surface area contributed by atoms with Gasteiger partial charge in [0.05, 0.1) is 23.0 Å². The van der Waals surface area contributed by atoms with E-state index in [2.05, 4.69) is 26.7 Å². The molecule has 5 rings (SSSR count). The minimum Gasteiger partial charge on any atom is -0.456 e. The van der Waals surface area contributed by atoms with E-state index in [0.29, 0.717) is 22.3 Å². The minimum absolute atomic E-state index is 0.0135. The van der Waals surface area contributed by atoms with Crippen LogP contribution in [0, 0.1) is 0 Å². The number of esters is 1. The molecule has 0 saturated carbocycles. The number of carbonyl (C=O) groups excluding carboxylic acids is 1. The molecule has 0 N–H and O–H groups in total. The summed E-state index contributed by atoms with van der Waals surface area (Å²) in [5.74, 6) is -0.548. The summed E-state index contributed by atoms with van der Waals surface area (Å²) >= 11 is 18.6. The third kappa shape index (κ3) is 4.27. The average Bonchev–Trinajstić information content (AvgIpc) is 3.13. The lowest BCUT2D eigenvalue weighted by Crippen LogP contribution is -2.07. The molecule has 0 bridgehead atoms. The first-order valence-corrected chi connectivity index (χ1v) is 11.2. The van der Waals surface area contributed by atoms with Gasteiger partial charge in [-0.3, -0.25) is 4.98 Å². The van der Waals surface area contributed by atoms with Gasteiger partial charge in [0.1, 0.15) is 11.8 Å². The Morgan fingerprint density at radius 1 is 0.909 bits per heavy atom. The lowest BCUT2D eigenvalue weighted by atomic mass is 10.2. The Morgan fingerprint density at radius 3 is 2.61 bits per heavy atom. The molecule has 0 aliphatic carbocycles. The molecule has 2 aromatic carbocycles. The lowest BCUT2D eigenvalue weighted by molar-refractivity contribution is 0.0467. The van der Waals surface area contributed by atoms with Gasteiger partial charge in [-0.25, -0.2) is 9.78 Å². The number of hydrogen-bond donors (Lipinski definition) is 0.